The number of carbonyl (C=O) groups is 1. The molecule has 2 N–H and O–H groups in total. The Hall–Kier alpha value is -2.24. The molecule has 24 heavy (non-hydrogen) atoms. The molecule has 5 heteroatoms. The maximum absolute atomic E-state index is 13.0. The summed E-state index contributed by atoms with van der Waals surface area (Å²) in [5.74, 6) is -0.787. The number of nitrogens with zero attached hydrogens (tertiary/aromatic N) is 1. The summed E-state index contributed by atoms with van der Waals surface area (Å²) in [6.45, 7) is 0.0824. The van der Waals surface area contributed by atoms with E-state index >= 15 is 0 Å². The number of carbonyl (C=O) groups excluding carboxylic acids is 1. The average Bonchev–Trinajstić information content (AvgIpc) is 3.44. The van der Waals surface area contributed by atoms with Crippen molar-refractivity contribution in [3.63, 3.8) is 0 Å². The molecule has 1 saturated carbocycles. The van der Waals surface area contributed by atoms with E-state index in [0.717, 1.165) is 12.8 Å². The van der Waals surface area contributed by atoms with Crippen molar-refractivity contribution in [1.82, 2.24) is 4.90 Å². The lowest BCUT2D eigenvalue weighted by atomic mass is 10.1. The van der Waals surface area contributed by atoms with Gasteiger partial charge in [-0.3, -0.25) is 4.79 Å². The lowest BCUT2D eigenvalue weighted by molar-refractivity contribution is -0.142. The Kier molecular flexibility index (Phi) is 4.92. The van der Waals surface area contributed by atoms with Crippen LogP contribution in [-0.2, 0) is 4.79 Å². The highest BCUT2D eigenvalue weighted by molar-refractivity contribution is 5.82. The van der Waals surface area contributed by atoms with Gasteiger partial charge in [0.25, 0.3) is 5.91 Å². The highest BCUT2D eigenvalue weighted by atomic mass is 19.1. The second-order valence-electron chi connectivity index (χ2n) is 6.10. The predicted octanol–water partition coefficient (Wildman–Crippen LogP) is 2.58. The third-order valence-electron chi connectivity index (χ3n) is 4.24. The molecule has 0 aromatic heterocycles. The van der Waals surface area contributed by atoms with E-state index in [1.807, 2.05) is 6.07 Å². The number of benzene rings is 2. The fourth-order valence-corrected chi connectivity index (χ4v) is 2.72. The molecule has 4 nitrogen and oxygen atoms in total. The van der Waals surface area contributed by atoms with Crippen LogP contribution in [0.25, 0.3) is 0 Å². The van der Waals surface area contributed by atoms with Crippen LogP contribution < -0.4 is 0 Å². The fraction of sp³-hybridized carbons (Fsp3) is 0.316. The number of aliphatic hydroxyl groups is 2. The van der Waals surface area contributed by atoms with E-state index in [1.165, 1.54) is 29.2 Å². The monoisotopic (exact) mass is 329 g/mol. The van der Waals surface area contributed by atoms with Gasteiger partial charge in [0.2, 0.25) is 0 Å². The van der Waals surface area contributed by atoms with Gasteiger partial charge in [0.15, 0.2) is 6.10 Å². The SMILES string of the molecule is O=C([C@H](O)c1ccccc1)N(C[C@H](O)c1ccc(F)cc1)C1CC1. The molecule has 1 aliphatic carbocycles. The Balaban J connectivity index is 1.72. The van der Waals surface area contributed by atoms with E-state index in [9.17, 15) is 19.4 Å². The Morgan fingerprint density at radius 1 is 1.04 bits per heavy atom. The Morgan fingerprint density at radius 3 is 2.25 bits per heavy atom. The van der Waals surface area contributed by atoms with Crippen LogP contribution in [0, 0.1) is 5.82 Å². The van der Waals surface area contributed by atoms with Crippen LogP contribution in [-0.4, -0.2) is 33.6 Å². The van der Waals surface area contributed by atoms with Crippen molar-refractivity contribution < 1.29 is 19.4 Å². The van der Waals surface area contributed by atoms with Crippen LogP contribution in [0.1, 0.15) is 36.2 Å². The highest BCUT2D eigenvalue weighted by Crippen LogP contribution is 2.31. The van der Waals surface area contributed by atoms with Crippen molar-refractivity contribution in [3.8, 4) is 0 Å². The van der Waals surface area contributed by atoms with Gasteiger partial charge < -0.3 is 15.1 Å². The molecule has 0 unspecified atom stereocenters. The van der Waals surface area contributed by atoms with E-state index < -0.39 is 18.1 Å². The minimum absolute atomic E-state index is 0.0472. The van der Waals surface area contributed by atoms with Gasteiger partial charge in [-0.1, -0.05) is 42.5 Å². The van der Waals surface area contributed by atoms with Crippen molar-refractivity contribution in [2.24, 2.45) is 0 Å². The van der Waals surface area contributed by atoms with Gasteiger partial charge >= 0.3 is 0 Å². The molecule has 1 aliphatic rings. The summed E-state index contributed by atoms with van der Waals surface area (Å²) < 4.78 is 13.0. The van der Waals surface area contributed by atoms with Gasteiger partial charge in [-0.05, 0) is 36.1 Å². The van der Waals surface area contributed by atoms with Crippen LogP contribution in [0.3, 0.4) is 0 Å². The third kappa shape index (κ3) is 3.80. The molecule has 0 saturated heterocycles. The number of halogens is 1. The summed E-state index contributed by atoms with van der Waals surface area (Å²) in [6.07, 6.45) is -0.433. The first-order chi connectivity index (χ1) is 11.6. The molecule has 2 aromatic rings. The first-order valence-electron chi connectivity index (χ1n) is 8.03. The molecule has 3 rings (SSSR count). The molecule has 1 amide bonds. The van der Waals surface area contributed by atoms with E-state index in [2.05, 4.69) is 0 Å². The van der Waals surface area contributed by atoms with Crippen molar-refractivity contribution >= 4 is 5.91 Å². The van der Waals surface area contributed by atoms with Gasteiger partial charge in [0.05, 0.1) is 12.6 Å². The van der Waals surface area contributed by atoms with Crippen molar-refractivity contribution in [2.75, 3.05) is 6.54 Å². The van der Waals surface area contributed by atoms with Crippen LogP contribution in [0.15, 0.2) is 54.6 Å². The van der Waals surface area contributed by atoms with Gasteiger partial charge in [0, 0.05) is 6.04 Å². The summed E-state index contributed by atoms with van der Waals surface area (Å²) in [6, 6.07) is 14.4. The molecule has 1 fully saturated rings. The number of amides is 1. The van der Waals surface area contributed by atoms with Crippen LogP contribution in [0.4, 0.5) is 4.39 Å². The lowest BCUT2D eigenvalue weighted by Gasteiger charge is -2.27. The number of hydrogen-bond donors (Lipinski definition) is 2. The number of hydrogen-bond acceptors (Lipinski definition) is 3. The van der Waals surface area contributed by atoms with E-state index in [0.29, 0.717) is 11.1 Å². The van der Waals surface area contributed by atoms with Gasteiger partial charge in [0.1, 0.15) is 5.82 Å². The first-order valence-corrected chi connectivity index (χ1v) is 8.03. The molecular formula is C19H20FNO3. The standard InChI is InChI=1S/C19H20FNO3/c20-15-8-6-13(7-9-15)17(22)12-21(16-10-11-16)19(24)18(23)14-4-2-1-3-5-14/h1-9,16-18,22-23H,10-12H2/t17-,18+/m0/s1. The molecule has 126 valence electrons. The average molecular weight is 329 g/mol. The molecular weight excluding hydrogens is 309 g/mol. The largest absolute Gasteiger partial charge is 0.387 e. The van der Waals surface area contributed by atoms with Crippen LogP contribution >= 0.6 is 0 Å². The van der Waals surface area contributed by atoms with Gasteiger partial charge in [-0.2, -0.15) is 0 Å². The molecule has 0 heterocycles. The van der Waals surface area contributed by atoms with Crippen molar-refractivity contribution in [1.29, 1.82) is 0 Å². The van der Waals surface area contributed by atoms with E-state index in [-0.39, 0.29) is 18.4 Å². The highest BCUT2D eigenvalue weighted by Gasteiger charge is 2.36. The van der Waals surface area contributed by atoms with E-state index in [1.54, 1.807) is 24.3 Å². The Bertz CT molecular complexity index is 686. The molecule has 0 radical (unpaired) electrons. The zero-order chi connectivity index (χ0) is 17.1. The van der Waals surface area contributed by atoms with Crippen LogP contribution in [0.2, 0.25) is 0 Å². The zero-order valence-electron chi connectivity index (χ0n) is 13.2. The maximum Gasteiger partial charge on any atom is 0.256 e. The smallest absolute Gasteiger partial charge is 0.256 e. The van der Waals surface area contributed by atoms with Crippen molar-refractivity contribution in [3.05, 3.63) is 71.5 Å². The fourth-order valence-electron chi connectivity index (χ4n) is 2.72. The number of aliphatic hydroxyl groups excluding tert-OH is 2. The number of rotatable bonds is 6. The second-order valence-corrected chi connectivity index (χ2v) is 6.10. The normalized spacial score (nSPS) is 16.5. The molecule has 2 atom stereocenters. The minimum atomic E-state index is -1.24. The third-order valence-corrected chi connectivity index (χ3v) is 4.24. The summed E-state index contributed by atoms with van der Waals surface area (Å²) in [4.78, 5) is 14.2. The molecule has 0 aliphatic heterocycles. The molecule has 0 spiro atoms. The topological polar surface area (TPSA) is 60.8 Å². The lowest BCUT2D eigenvalue weighted by Crippen LogP contribution is -2.39. The van der Waals surface area contributed by atoms with Crippen LogP contribution in [0.5, 0.6) is 0 Å². The first kappa shape index (κ1) is 16.6. The Labute approximate surface area is 140 Å². The maximum atomic E-state index is 13.0. The van der Waals surface area contributed by atoms with E-state index in [4.69, 9.17) is 0 Å². The molecule has 0 bridgehead atoms. The van der Waals surface area contributed by atoms with Crippen molar-refractivity contribution in [2.45, 2.75) is 31.1 Å². The summed E-state index contributed by atoms with van der Waals surface area (Å²) in [7, 11) is 0. The van der Waals surface area contributed by atoms with Gasteiger partial charge in [-0.15, -0.1) is 0 Å². The predicted molar refractivity (Wildman–Crippen MR) is 87.5 cm³/mol. The summed E-state index contributed by atoms with van der Waals surface area (Å²) in [5.41, 5.74) is 1.08. The minimum Gasteiger partial charge on any atom is -0.387 e. The summed E-state index contributed by atoms with van der Waals surface area (Å²) in [5, 5.41) is 20.7. The summed E-state index contributed by atoms with van der Waals surface area (Å²) >= 11 is 0. The quantitative estimate of drug-likeness (QED) is 0.856. The van der Waals surface area contributed by atoms with Gasteiger partial charge in [-0.25, -0.2) is 4.39 Å². The second kappa shape index (κ2) is 7.11. The Morgan fingerprint density at radius 2 is 1.67 bits per heavy atom. The molecule has 2 aromatic carbocycles. The zero-order valence-corrected chi connectivity index (χ0v) is 13.2.